The minimum atomic E-state index is -3.10. The number of alkyl halides is 4. The predicted molar refractivity (Wildman–Crippen MR) is 72.8 cm³/mol. The second-order valence-corrected chi connectivity index (χ2v) is 4.87. The van der Waals surface area contributed by atoms with E-state index in [9.17, 15) is 22.4 Å². The SMILES string of the molecule is Cn1nc(C(F)F)c(C(N)=O)c1Oc1cccc(C(C)(F)F)c1. The number of nitrogens with two attached hydrogens (primary N) is 1. The van der Waals surface area contributed by atoms with Crippen molar-refractivity contribution in [3.63, 3.8) is 0 Å². The van der Waals surface area contributed by atoms with E-state index in [1.807, 2.05) is 0 Å². The Hall–Kier alpha value is -2.58. The Morgan fingerprint density at radius 1 is 1.39 bits per heavy atom. The Kier molecular flexibility index (Phi) is 4.31. The number of aromatic nitrogens is 2. The van der Waals surface area contributed by atoms with Gasteiger partial charge in [0, 0.05) is 19.5 Å². The van der Waals surface area contributed by atoms with E-state index in [1.54, 1.807) is 0 Å². The van der Waals surface area contributed by atoms with Crippen molar-refractivity contribution in [3.8, 4) is 11.6 Å². The van der Waals surface area contributed by atoms with Gasteiger partial charge in [0.15, 0.2) is 0 Å². The normalized spacial score (nSPS) is 11.8. The largest absolute Gasteiger partial charge is 0.438 e. The highest BCUT2D eigenvalue weighted by molar-refractivity contribution is 5.96. The summed E-state index contributed by atoms with van der Waals surface area (Å²) in [5.41, 5.74) is 3.35. The molecule has 23 heavy (non-hydrogen) atoms. The Morgan fingerprint density at radius 2 is 2.04 bits per heavy atom. The first-order valence-corrected chi connectivity index (χ1v) is 6.42. The van der Waals surface area contributed by atoms with Crippen LogP contribution in [0.2, 0.25) is 0 Å². The van der Waals surface area contributed by atoms with Crippen LogP contribution in [-0.4, -0.2) is 15.7 Å². The van der Waals surface area contributed by atoms with E-state index in [0.717, 1.165) is 10.7 Å². The summed E-state index contributed by atoms with van der Waals surface area (Å²) in [5, 5.41) is 3.49. The van der Waals surface area contributed by atoms with Gasteiger partial charge < -0.3 is 10.5 Å². The summed E-state index contributed by atoms with van der Waals surface area (Å²) in [7, 11) is 1.27. The molecule has 0 fully saturated rings. The molecule has 2 rings (SSSR count). The molecule has 1 heterocycles. The zero-order valence-electron chi connectivity index (χ0n) is 12.2. The molecule has 1 aromatic carbocycles. The zero-order valence-corrected chi connectivity index (χ0v) is 12.2. The number of amides is 1. The van der Waals surface area contributed by atoms with Crippen LogP contribution in [0.25, 0.3) is 0 Å². The van der Waals surface area contributed by atoms with Gasteiger partial charge in [0.1, 0.15) is 17.0 Å². The van der Waals surface area contributed by atoms with Gasteiger partial charge in [-0.05, 0) is 12.1 Å². The number of benzene rings is 1. The fraction of sp³-hybridized carbons (Fsp3) is 0.286. The number of hydrogen-bond acceptors (Lipinski definition) is 3. The standard InChI is InChI=1S/C14H13F4N3O2/c1-14(17,18)7-4-3-5-8(6-7)23-13-9(12(19)22)10(11(15)16)20-21(13)2/h3-6,11H,1-2H3,(H2,19,22). The summed E-state index contributed by atoms with van der Waals surface area (Å²) < 4.78 is 58.7. The summed E-state index contributed by atoms with van der Waals surface area (Å²) in [6.07, 6.45) is -3.03. The first kappa shape index (κ1) is 16.8. The van der Waals surface area contributed by atoms with Gasteiger partial charge in [-0.1, -0.05) is 12.1 Å². The molecule has 0 spiro atoms. The Bertz CT molecular complexity index is 738. The van der Waals surface area contributed by atoms with Crippen molar-refractivity contribution in [2.75, 3.05) is 0 Å². The van der Waals surface area contributed by atoms with Crippen LogP contribution in [-0.2, 0) is 13.0 Å². The molecule has 0 aliphatic heterocycles. The molecular weight excluding hydrogens is 318 g/mol. The Balaban J connectivity index is 2.47. The molecule has 0 saturated heterocycles. The molecule has 2 N–H and O–H groups in total. The summed E-state index contributed by atoms with van der Waals surface area (Å²) in [6, 6.07) is 4.89. The average Bonchev–Trinajstić information content (AvgIpc) is 2.76. The van der Waals surface area contributed by atoms with Gasteiger partial charge in [-0.2, -0.15) is 5.10 Å². The van der Waals surface area contributed by atoms with E-state index in [4.69, 9.17) is 10.5 Å². The lowest BCUT2D eigenvalue weighted by atomic mass is 10.1. The van der Waals surface area contributed by atoms with Crippen LogP contribution in [0.15, 0.2) is 24.3 Å². The monoisotopic (exact) mass is 331 g/mol. The fourth-order valence-corrected chi connectivity index (χ4v) is 1.97. The number of rotatable bonds is 5. The van der Waals surface area contributed by atoms with Crippen LogP contribution < -0.4 is 10.5 Å². The van der Waals surface area contributed by atoms with Crippen molar-refractivity contribution in [1.82, 2.24) is 9.78 Å². The van der Waals surface area contributed by atoms with E-state index in [-0.39, 0.29) is 17.2 Å². The number of carbonyl (C=O) groups is 1. The van der Waals surface area contributed by atoms with Crippen LogP contribution in [0.4, 0.5) is 17.6 Å². The molecule has 1 aromatic heterocycles. The molecule has 1 amide bonds. The minimum Gasteiger partial charge on any atom is -0.438 e. The number of carbonyl (C=O) groups excluding carboxylic acids is 1. The minimum absolute atomic E-state index is 0.0599. The molecule has 124 valence electrons. The van der Waals surface area contributed by atoms with Crippen LogP contribution in [0.1, 0.15) is 35.0 Å². The third kappa shape index (κ3) is 3.43. The van der Waals surface area contributed by atoms with Gasteiger partial charge in [0.25, 0.3) is 18.3 Å². The van der Waals surface area contributed by atoms with Crippen molar-refractivity contribution in [2.45, 2.75) is 19.3 Å². The number of nitrogens with zero attached hydrogens (tertiary/aromatic N) is 2. The van der Waals surface area contributed by atoms with E-state index in [0.29, 0.717) is 6.92 Å². The van der Waals surface area contributed by atoms with E-state index in [1.165, 1.54) is 25.2 Å². The van der Waals surface area contributed by atoms with Crippen LogP contribution in [0.3, 0.4) is 0 Å². The lowest BCUT2D eigenvalue weighted by Crippen LogP contribution is -2.14. The summed E-state index contributed by atoms with van der Waals surface area (Å²) in [6.45, 7) is 0.708. The van der Waals surface area contributed by atoms with Crippen LogP contribution in [0.5, 0.6) is 11.6 Å². The third-order valence-electron chi connectivity index (χ3n) is 3.03. The lowest BCUT2D eigenvalue weighted by Gasteiger charge is -2.13. The number of ether oxygens (including phenoxy) is 1. The predicted octanol–water partition coefficient (Wildman–Crippen LogP) is 3.36. The topological polar surface area (TPSA) is 70.1 Å². The van der Waals surface area contributed by atoms with Gasteiger partial charge in [-0.15, -0.1) is 0 Å². The van der Waals surface area contributed by atoms with Crippen molar-refractivity contribution in [3.05, 3.63) is 41.1 Å². The summed E-state index contributed by atoms with van der Waals surface area (Å²) in [4.78, 5) is 11.4. The molecule has 0 bridgehead atoms. The third-order valence-corrected chi connectivity index (χ3v) is 3.03. The fourth-order valence-electron chi connectivity index (χ4n) is 1.97. The van der Waals surface area contributed by atoms with Gasteiger partial charge >= 0.3 is 0 Å². The smallest absolute Gasteiger partial charge is 0.283 e. The zero-order chi connectivity index (χ0) is 17.4. The van der Waals surface area contributed by atoms with Gasteiger partial charge in [0.05, 0.1) is 0 Å². The molecule has 0 saturated carbocycles. The maximum absolute atomic E-state index is 13.3. The van der Waals surface area contributed by atoms with E-state index in [2.05, 4.69) is 5.10 Å². The number of halogens is 4. The Labute approximate surface area is 128 Å². The molecule has 0 unspecified atom stereocenters. The van der Waals surface area contributed by atoms with Crippen molar-refractivity contribution >= 4 is 5.91 Å². The molecule has 2 aromatic rings. The highest BCUT2D eigenvalue weighted by atomic mass is 19.3. The maximum atomic E-state index is 13.3. The second kappa shape index (κ2) is 5.90. The lowest BCUT2D eigenvalue weighted by molar-refractivity contribution is 0.0173. The molecule has 5 nitrogen and oxygen atoms in total. The highest BCUT2D eigenvalue weighted by Gasteiger charge is 2.29. The molecule has 0 atom stereocenters. The van der Waals surface area contributed by atoms with Crippen LogP contribution >= 0.6 is 0 Å². The first-order valence-electron chi connectivity index (χ1n) is 6.42. The van der Waals surface area contributed by atoms with Crippen molar-refractivity contribution < 1.29 is 27.1 Å². The molecule has 0 aliphatic carbocycles. The van der Waals surface area contributed by atoms with Crippen molar-refractivity contribution in [1.29, 1.82) is 0 Å². The van der Waals surface area contributed by atoms with E-state index >= 15 is 0 Å². The number of hydrogen-bond donors (Lipinski definition) is 1. The van der Waals surface area contributed by atoms with Gasteiger partial charge in [-0.25, -0.2) is 22.2 Å². The quantitative estimate of drug-likeness (QED) is 0.854. The number of aryl methyl sites for hydroxylation is 1. The average molecular weight is 331 g/mol. The first-order chi connectivity index (χ1) is 10.6. The molecular formula is C14H13F4N3O2. The molecule has 0 aliphatic rings. The van der Waals surface area contributed by atoms with Crippen molar-refractivity contribution in [2.24, 2.45) is 12.8 Å². The summed E-state index contributed by atoms with van der Waals surface area (Å²) in [5.74, 6) is -4.66. The maximum Gasteiger partial charge on any atom is 0.283 e. The Morgan fingerprint density at radius 3 is 2.57 bits per heavy atom. The van der Waals surface area contributed by atoms with Gasteiger partial charge in [0.2, 0.25) is 5.88 Å². The molecule has 0 radical (unpaired) electrons. The van der Waals surface area contributed by atoms with E-state index < -0.39 is 29.5 Å². The highest BCUT2D eigenvalue weighted by Crippen LogP contribution is 2.34. The number of primary amides is 1. The van der Waals surface area contributed by atoms with Crippen LogP contribution in [0, 0.1) is 0 Å². The van der Waals surface area contributed by atoms with Gasteiger partial charge in [-0.3, -0.25) is 4.79 Å². The molecule has 9 heteroatoms. The second-order valence-electron chi connectivity index (χ2n) is 4.87. The summed E-state index contributed by atoms with van der Waals surface area (Å²) >= 11 is 0.